The van der Waals surface area contributed by atoms with E-state index in [1.807, 2.05) is 18.2 Å². The quantitative estimate of drug-likeness (QED) is 0.236. The largest absolute Gasteiger partial charge is 0.464 e. The molecule has 0 atom stereocenters. The lowest BCUT2D eigenvalue weighted by molar-refractivity contribution is 0.615. The van der Waals surface area contributed by atoms with Gasteiger partial charge < -0.3 is 8.83 Å². The summed E-state index contributed by atoms with van der Waals surface area (Å²) in [4.78, 5) is 0. The predicted octanol–water partition coefficient (Wildman–Crippen LogP) is 9.97. The lowest BCUT2D eigenvalue weighted by atomic mass is 9.85. The molecule has 2 aromatic heterocycles. The number of benzene rings is 6. The monoisotopic (exact) mass is 468 g/mol. The van der Waals surface area contributed by atoms with Gasteiger partial charge in [-0.3, -0.25) is 0 Å². The van der Waals surface area contributed by atoms with Crippen molar-refractivity contribution in [2.24, 2.45) is 0 Å². The second-order valence-corrected chi connectivity index (χ2v) is 8.67. The van der Waals surface area contributed by atoms with E-state index in [1.54, 1.807) is 54.8 Å². The average molecular weight is 469 g/mol. The summed E-state index contributed by atoms with van der Waals surface area (Å²) in [5, 5.41) is 2.83. The van der Waals surface area contributed by atoms with Gasteiger partial charge in [-0.05, 0) is 68.1 Å². The standard InChI is InChI=1S/C34H20O2/c1-2-9-21(10-3-1)31-22-11-4-6-13-24(22)32(25-14-7-5-12-23(25)31)27-15-8-16-29-34(27)33-26-19-20-35-28(26)17-18-30(33)36-29/h1-20H/i4D,5D,6D,7D,11D,12D,13D,14D. The van der Waals surface area contributed by atoms with Crippen molar-refractivity contribution < 1.29 is 19.8 Å². The van der Waals surface area contributed by atoms with Crippen molar-refractivity contribution in [3.63, 3.8) is 0 Å². The minimum absolute atomic E-state index is 0.161. The lowest BCUT2D eigenvalue weighted by Crippen LogP contribution is -1.91. The van der Waals surface area contributed by atoms with Crippen LogP contribution in [-0.4, -0.2) is 0 Å². The molecule has 8 aromatic rings. The van der Waals surface area contributed by atoms with Crippen molar-refractivity contribution in [3.8, 4) is 22.3 Å². The molecule has 2 heterocycles. The third kappa shape index (κ3) is 2.61. The van der Waals surface area contributed by atoms with Crippen molar-refractivity contribution in [2.75, 3.05) is 0 Å². The zero-order chi connectivity index (χ0) is 30.6. The highest BCUT2D eigenvalue weighted by atomic mass is 16.3. The molecular formula is C34H20O2. The smallest absolute Gasteiger partial charge is 0.136 e. The molecule has 0 saturated carbocycles. The fraction of sp³-hybridized carbons (Fsp3) is 0. The predicted molar refractivity (Wildman–Crippen MR) is 149 cm³/mol. The van der Waals surface area contributed by atoms with E-state index < -0.39 is 24.2 Å². The van der Waals surface area contributed by atoms with Crippen LogP contribution in [-0.2, 0) is 0 Å². The van der Waals surface area contributed by atoms with Crippen LogP contribution in [0.2, 0.25) is 0 Å². The van der Waals surface area contributed by atoms with E-state index >= 15 is 0 Å². The Hall–Kier alpha value is -4.82. The Morgan fingerprint density at radius 2 is 1.14 bits per heavy atom. The molecule has 0 unspecified atom stereocenters. The molecule has 2 heteroatoms. The van der Waals surface area contributed by atoms with Gasteiger partial charge in [0.2, 0.25) is 0 Å². The molecule has 0 amide bonds. The molecule has 2 nitrogen and oxygen atoms in total. The molecular weight excluding hydrogens is 440 g/mol. The molecule has 0 aliphatic heterocycles. The van der Waals surface area contributed by atoms with Crippen LogP contribution >= 0.6 is 0 Å². The van der Waals surface area contributed by atoms with E-state index in [1.165, 1.54) is 0 Å². The summed E-state index contributed by atoms with van der Waals surface area (Å²) in [5.74, 6) is 0. The first-order chi connectivity index (χ1) is 21.2. The number of hydrogen-bond acceptors (Lipinski definition) is 2. The molecule has 8 rings (SSSR count). The van der Waals surface area contributed by atoms with Gasteiger partial charge in [-0.25, -0.2) is 0 Å². The van der Waals surface area contributed by atoms with Gasteiger partial charge in [0.05, 0.1) is 17.2 Å². The fourth-order valence-electron chi connectivity index (χ4n) is 5.36. The van der Waals surface area contributed by atoms with E-state index in [9.17, 15) is 2.74 Å². The van der Waals surface area contributed by atoms with Gasteiger partial charge in [-0.1, -0.05) is 90.8 Å². The third-order valence-corrected chi connectivity index (χ3v) is 6.80. The van der Waals surface area contributed by atoms with Crippen LogP contribution in [0.15, 0.2) is 130 Å². The minimum atomic E-state index is -0.440. The maximum absolute atomic E-state index is 9.19. The summed E-state index contributed by atoms with van der Waals surface area (Å²) in [6, 6.07) is 16.8. The zero-order valence-electron chi connectivity index (χ0n) is 26.7. The van der Waals surface area contributed by atoms with Crippen LogP contribution in [0.25, 0.3) is 76.7 Å². The summed E-state index contributed by atoms with van der Waals surface area (Å²) >= 11 is 0. The van der Waals surface area contributed by atoms with E-state index in [2.05, 4.69) is 0 Å². The maximum Gasteiger partial charge on any atom is 0.136 e. The molecule has 0 radical (unpaired) electrons. The van der Waals surface area contributed by atoms with Gasteiger partial charge in [-0.15, -0.1) is 0 Å². The van der Waals surface area contributed by atoms with Crippen molar-refractivity contribution in [1.82, 2.24) is 0 Å². The summed E-state index contributed by atoms with van der Waals surface area (Å²) in [6.07, 6.45) is 1.58. The summed E-state index contributed by atoms with van der Waals surface area (Å²) in [6.45, 7) is 0. The first-order valence-corrected chi connectivity index (χ1v) is 11.5. The van der Waals surface area contributed by atoms with E-state index in [0.717, 1.165) is 10.8 Å². The van der Waals surface area contributed by atoms with Crippen molar-refractivity contribution >= 4 is 54.5 Å². The van der Waals surface area contributed by atoms with E-state index in [-0.39, 0.29) is 51.3 Å². The molecule has 0 N–H and O–H groups in total. The van der Waals surface area contributed by atoms with Gasteiger partial charge in [-0.2, -0.15) is 0 Å². The Morgan fingerprint density at radius 1 is 0.500 bits per heavy atom. The Kier molecular flexibility index (Phi) is 2.71. The van der Waals surface area contributed by atoms with Gasteiger partial charge in [0, 0.05) is 16.2 Å². The minimum Gasteiger partial charge on any atom is -0.464 e. The highest BCUT2D eigenvalue weighted by Crippen LogP contribution is 2.47. The van der Waals surface area contributed by atoms with Crippen LogP contribution in [0.3, 0.4) is 0 Å². The normalized spacial score (nSPS) is 15.0. The molecule has 36 heavy (non-hydrogen) atoms. The lowest BCUT2D eigenvalue weighted by Gasteiger charge is -2.18. The number of rotatable bonds is 2. The van der Waals surface area contributed by atoms with Gasteiger partial charge in [0.15, 0.2) is 0 Å². The Bertz CT molecular complexity index is 2450. The Labute approximate surface area is 218 Å². The molecule has 0 bridgehead atoms. The highest BCUT2D eigenvalue weighted by molar-refractivity contribution is 6.28. The van der Waals surface area contributed by atoms with Crippen molar-refractivity contribution in [2.45, 2.75) is 0 Å². The van der Waals surface area contributed by atoms with E-state index in [4.69, 9.17) is 17.1 Å². The van der Waals surface area contributed by atoms with Crippen LogP contribution in [0, 0.1) is 0 Å². The highest BCUT2D eigenvalue weighted by Gasteiger charge is 2.21. The second kappa shape index (κ2) is 7.34. The maximum atomic E-state index is 9.19. The van der Waals surface area contributed by atoms with Gasteiger partial charge in [0.1, 0.15) is 16.7 Å². The average Bonchev–Trinajstić information content (AvgIpc) is 3.68. The molecule has 0 aliphatic rings. The number of fused-ring (bicyclic) bond motifs is 7. The number of furan rings is 2. The zero-order valence-corrected chi connectivity index (χ0v) is 18.7. The first-order valence-electron chi connectivity index (χ1n) is 15.5. The Balaban J connectivity index is 1.75. The van der Waals surface area contributed by atoms with Crippen molar-refractivity contribution in [1.29, 1.82) is 0 Å². The Morgan fingerprint density at radius 3 is 1.86 bits per heavy atom. The second-order valence-electron chi connectivity index (χ2n) is 8.67. The third-order valence-electron chi connectivity index (χ3n) is 6.80. The summed E-state index contributed by atoms with van der Waals surface area (Å²) in [7, 11) is 0. The van der Waals surface area contributed by atoms with Gasteiger partial charge >= 0.3 is 0 Å². The SMILES string of the molecule is [2H]c1c([2H])c([2H])c2c(-c3cccc4oc5ccc6occc6c5c34)c3c([2H])c([2H])c([2H])c([2H])c3c(-c3ccccc3)c2c1[2H]. The van der Waals surface area contributed by atoms with Crippen LogP contribution in [0.5, 0.6) is 0 Å². The van der Waals surface area contributed by atoms with Crippen LogP contribution < -0.4 is 0 Å². The first kappa shape index (κ1) is 13.3. The summed E-state index contributed by atoms with van der Waals surface area (Å²) < 4.78 is 83.0. The molecule has 6 aromatic carbocycles. The molecule has 0 saturated heterocycles. The molecule has 0 aliphatic carbocycles. The topological polar surface area (TPSA) is 26.3 Å². The van der Waals surface area contributed by atoms with Gasteiger partial charge in [0.25, 0.3) is 0 Å². The summed E-state index contributed by atoms with van der Waals surface area (Å²) in [5.41, 5.74) is 3.41. The van der Waals surface area contributed by atoms with Crippen molar-refractivity contribution in [3.05, 3.63) is 121 Å². The molecule has 168 valence electrons. The molecule has 0 spiro atoms. The van der Waals surface area contributed by atoms with E-state index in [0.29, 0.717) is 38.8 Å². The molecule has 0 fully saturated rings. The fourth-order valence-corrected chi connectivity index (χ4v) is 5.36. The van der Waals surface area contributed by atoms with Crippen LogP contribution in [0.4, 0.5) is 0 Å². The van der Waals surface area contributed by atoms with Crippen LogP contribution in [0.1, 0.15) is 11.0 Å². The number of hydrogen-bond donors (Lipinski definition) is 0.